The van der Waals surface area contributed by atoms with Gasteiger partial charge in [-0.15, -0.1) is 6.58 Å². The molecule has 6 heteroatoms. The lowest BCUT2D eigenvalue weighted by atomic mass is 10.2. The predicted octanol–water partition coefficient (Wildman–Crippen LogP) is 1.27. The minimum Gasteiger partial charge on any atom is -0.480 e. The van der Waals surface area contributed by atoms with Gasteiger partial charge < -0.3 is 15.0 Å². The first-order valence-electron chi connectivity index (χ1n) is 5.64. The van der Waals surface area contributed by atoms with Crippen LogP contribution in [0.3, 0.4) is 0 Å². The quantitative estimate of drug-likeness (QED) is 0.744. The second-order valence-corrected chi connectivity index (χ2v) is 4.14. The number of anilines is 1. The van der Waals surface area contributed by atoms with Gasteiger partial charge in [-0.2, -0.15) is 0 Å². The van der Waals surface area contributed by atoms with E-state index in [9.17, 15) is 9.59 Å². The Balaban J connectivity index is 3.03. The van der Waals surface area contributed by atoms with E-state index in [1.807, 2.05) is 13.8 Å². The molecule has 0 aliphatic carbocycles. The minimum absolute atomic E-state index is 0.0104. The van der Waals surface area contributed by atoms with Crippen LogP contribution in [0.25, 0.3) is 0 Å². The fraction of sp³-hybridized carbons (Fsp3) is 0.417. The number of hydrogen-bond acceptors (Lipinski definition) is 4. The first-order chi connectivity index (χ1) is 8.47. The zero-order chi connectivity index (χ0) is 13.7. The van der Waals surface area contributed by atoms with Crippen LogP contribution < -0.4 is 10.9 Å². The Kier molecular flexibility index (Phi) is 4.65. The summed E-state index contributed by atoms with van der Waals surface area (Å²) in [4.78, 5) is 26.9. The number of aliphatic carboxylic acids is 1. The highest BCUT2D eigenvalue weighted by atomic mass is 16.4. The highest BCUT2D eigenvalue weighted by molar-refractivity contribution is 5.76. The molecule has 1 rings (SSSR count). The summed E-state index contributed by atoms with van der Waals surface area (Å²) in [6.07, 6.45) is 4.74. The average molecular weight is 251 g/mol. The SMILES string of the molecule is C=CCC(Nc1nccn(C(C)C)c1=O)C(=O)O. The molecule has 0 amide bonds. The van der Waals surface area contributed by atoms with Crippen LogP contribution >= 0.6 is 0 Å². The molecule has 0 spiro atoms. The second-order valence-electron chi connectivity index (χ2n) is 4.14. The van der Waals surface area contributed by atoms with Crippen LogP contribution in [0.5, 0.6) is 0 Å². The van der Waals surface area contributed by atoms with E-state index in [1.165, 1.54) is 16.8 Å². The maximum Gasteiger partial charge on any atom is 0.326 e. The number of carboxylic acids is 1. The number of carboxylic acid groups (broad SMARTS) is 1. The van der Waals surface area contributed by atoms with Gasteiger partial charge in [0, 0.05) is 18.4 Å². The summed E-state index contributed by atoms with van der Waals surface area (Å²) in [7, 11) is 0. The maximum atomic E-state index is 12.0. The molecule has 98 valence electrons. The molecule has 0 aliphatic rings. The number of carbonyl (C=O) groups is 1. The summed E-state index contributed by atoms with van der Waals surface area (Å²) in [5.74, 6) is -1.00. The van der Waals surface area contributed by atoms with Crippen molar-refractivity contribution < 1.29 is 9.90 Å². The van der Waals surface area contributed by atoms with Gasteiger partial charge in [0.05, 0.1) is 0 Å². The first-order valence-corrected chi connectivity index (χ1v) is 5.64. The molecule has 0 aliphatic heterocycles. The van der Waals surface area contributed by atoms with E-state index in [0.29, 0.717) is 0 Å². The van der Waals surface area contributed by atoms with E-state index >= 15 is 0 Å². The molecule has 0 fully saturated rings. The molecule has 0 radical (unpaired) electrons. The number of nitrogens with zero attached hydrogens (tertiary/aromatic N) is 2. The van der Waals surface area contributed by atoms with Crippen LogP contribution in [-0.4, -0.2) is 26.7 Å². The molecular weight excluding hydrogens is 234 g/mol. The summed E-state index contributed by atoms with van der Waals surface area (Å²) < 4.78 is 1.49. The third-order valence-corrected chi connectivity index (χ3v) is 2.44. The molecule has 1 aromatic heterocycles. The van der Waals surface area contributed by atoms with Crippen molar-refractivity contribution in [3.63, 3.8) is 0 Å². The molecule has 0 bridgehead atoms. The van der Waals surface area contributed by atoms with Crippen molar-refractivity contribution in [3.8, 4) is 0 Å². The van der Waals surface area contributed by atoms with Crippen molar-refractivity contribution in [2.75, 3.05) is 5.32 Å². The molecular formula is C12H17N3O3. The van der Waals surface area contributed by atoms with Gasteiger partial charge in [-0.25, -0.2) is 9.78 Å². The Morgan fingerprint density at radius 3 is 2.83 bits per heavy atom. The maximum absolute atomic E-state index is 12.0. The topological polar surface area (TPSA) is 84.2 Å². The van der Waals surface area contributed by atoms with E-state index in [-0.39, 0.29) is 23.8 Å². The zero-order valence-corrected chi connectivity index (χ0v) is 10.5. The van der Waals surface area contributed by atoms with E-state index < -0.39 is 12.0 Å². The van der Waals surface area contributed by atoms with Crippen molar-refractivity contribution in [2.45, 2.75) is 32.4 Å². The van der Waals surface area contributed by atoms with Crippen molar-refractivity contribution in [2.24, 2.45) is 0 Å². The van der Waals surface area contributed by atoms with Gasteiger partial charge >= 0.3 is 5.97 Å². The van der Waals surface area contributed by atoms with E-state index in [0.717, 1.165) is 0 Å². The van der Waals surface area contributed by atoms with Crippen LogP contribution in [0.15, 0.2) is 29.8 Å². The third kappa shape index (κ3) is 3.19. The molecule has 6 nitrogen and oxygen atoms in total. The van der Waals surface area contributed by atoms with Gasteiger partial charge in [0.15, 0.2) is 5.82 Å². The van der Waals surface area contributed by atoms with Gasteiger partial charge in [0.1, 0.15) is 6.04 Å². The molecule has 0 saturated heterocycles. The Bertz CT molecular complexity index is 494. The summed E-state index contributed by atoms with van der Waals surface area (Å²) in [6, 6.07) is -0.908. The Morgan fingerprint density at radius 2 is 2.33 bits per heavy atom. The summed E-state index contributed by atoms with van der Waals surface area (Å²) >= 11 is 0. The van der Waals surface area contributed by atoms with Crippen molar-refractivity contribution in [3.05, 3.63) is 35.4 Å². The summed E-state index contributed by atoms with van der Waals surface area (Å²) in [6.45, 7) is 7.22. The second kappa shape index (κ2) is 6.00. The normalized spacial score (nSPS) is 12.2. The number of rotatable bonds is 6. The largest absolute Gasteiger partial charge is 0.480 e. The smallest absolute Gasteiger partial charge is 0.326 e. The lowest BCUT2D eigenvalue weighted by Crippen LogP contribution is -2.34. The molecule has 1 unspecified atom stereocenters. The van der Waals surface area contributed by atoms with Crippen molar-refractivity contribution in [1.82, 2.24) is 9.55 Å². The summed E-state index contributed by atoms with van der Waals surface area (Å²) in [5.41, 5.74) is -0.331. The Hall–Kier alpha value is -2.11. The third-order valence-electron chi connectivity index (χ3n) is 2.44. The van der Waals surface area contributed by atoms with E-state index in [4.69, 9.17) is 5.11 Å². The molecule has 0 aromatic carbocycles. The number of aromatic nitrogens is 2. The van der Waals surface area contributed by atoms with Crippen LogP contribution in [-0.2, 0) is 4.79 Å². The van der Waals surface area contributed by atoms with Gasteiger partial charge in [0.2, 0.25) is 0 Å². The monoisotopic (exact) mass is 251 g/mol. The standard InChI is InChI=1S/C12H17N3O3/c1-4-5-9(12(17)18)14-10-11(16)15(8(2)3)7-6-13-10/h4,6-9H,1,5H2,2-3H3,(H,13,14)(H,17,18). The fourth-order valence-electron chi connectivity index (χ4n) is 1.48. The van der Waals surface area contributed by atoms with Gasteiger partial charge in [0.25, 0.3) is 5.56 Å². The zero-order valence-electron chi connectivity index (χ0n) is 10.5. The van der Waals surface area contributed by atoms with Crippen LogP contribution in [0.4, 0.5) is 5.82 Å². The highest BCUT2D eigenvalue weighted by Gasteiger charge is 2.18. The van der Waals surface area contributed by atoms with Gasteiger partial charge in [-0.3, -0.25) is 4.79 Å². The van der Waals surface area contributed by atoms with Crippen LogP contribution in [0.1, 0.15) is 26.3 Å². The Morgan fingerprint density at radius 1 is 1.67 bits per heavy atom. The molecule has 1 aromatic rings. The predicted molar refractivity (Wildman–Crippen MR) is 68.7 cm³/mol. The van der Waals surface area contributed by atoms with Crippen LogP contribution in [0.2, 0.25) is 0 Å². The molecule has 2 N–H and O–H groups in total. The number of hydrogen-bond donors (Lipinski definition) is 2. The van der Waals surface area contributed by atoms with Gasteiger partial charge in [-0.05, 0) is 20.3 Å². The molecule has 1 atom stereocenters. The van der Waals surface area contributed by atoms with Crippen LogP contribution in [0, 0.1) is 0 Å². The summed E-state index contributed by atoms with van der Waals surface area (Å²) in [5, 5.41) is 11.6. The first kappa shape index (κ1) is 14.0. The lowest BCUT2D eigenvalue weighted by Gasteiger charge is -2.15. The van der Waals surface area contributed by atoms with E-state index in [1.54, 1.807) is 6.20 Å². The minimum atomic E-state index is -1.05. The van der Waals surface area contributed by atoms with E-state index in [2.05, 4.69) is 16.9 Å². The average Bonchev–Trinajstić information content (AvgIpc) is 2.30. The molecule has 1 heterocycles. The Labute approximate surface area is 105 Å². The molecule has 0 saturated carbocycles. The molecule has 18 heavy (non-hydrogen) atoms. The van der Waals surface area contributed by atoms with Crippen molar-refractivity contribution >= 4 is 11.8 Å². The van der Waals surface area contributed by atoms with Crippen molar-refractivity contribution in [1.29, 1.82) is 0 Å². The highest BCUT2D eigenvalue weighted by Crippen LogP contribution is 2.05. The number of nitrogens with one attached hydrogen (secondary N) is 1. The van der Waals surface area contributed by atoms with Gasteiger partial charge in [-0.1, -0.05) is 6.08 Å². The lowest BCUT2D eigenvalue weighted by molar-refractivity contribution is -0.137. The fourth-order valence-corrected chi connectivity index (χ4v) is 1.48.